The Bertz CT molecular complexity index is 602. The molecule has 2 rings (SSSR count). The summed E-state index contributed by atoms with van der Waals surface area (Å²) in [5, 5.41) is 14.8. The minimum Gasteiger partial charge on any atom is -0.306 e. The van der Waals surface area contributed by atoms with E-state index in [-0.39, 0.29) is 16.7 Å². The maximum atomic E-state index is 11.0. The summed E-state index contributed by atoms with van der Waals surface area (Å²) in [5.74, 6) is 0. The normalized spacial score (nSPS) is 12.1. The molecule has 20 heavy (non-hydrogen) atoms. The van der Waals surface area contributed by atoms with Gasteiger partial charge in [-0.05, 0) is 24.6 Å². The van der Waals surface area contributed by atoms with Gasteiger partial charge < -0.3 is 5.32 Å². The Morgan fingerprint density at radius 3 is 2.60 bits per heavy atom. The third kappa shape index (κ3) is 3.56. The fourth-order valence-corrected chi connectivity index (χ4v) is 2.19. The topological polar surface area (TPSA) is 55.2 Å². The fraction of sp³-hybridized carbons (Fsp3) is 0.200. The smallest absolute Gasteiger partial charge is 0.273 e. The first-order chi connectivity index (χ1) is 9.58. The molecule has 104 valence electrons. The molecule has 4 nitrogen and oxygen atoms in total. The van der Waals surface area contributed by atoms with Gasteiger partial charge in [-0.15, -0.1) is 0 Å². The minimum atomic E-state index is -0.388. The molecule has 0 aliphatic rings. The van der Waals surface area contributed by atoms with Crippen LogP contribution in [0.4, 0.5) is 5.69 Å². The SMILES string of the molecule is CC(NCc1cc(Cl)ccc1[N+](=O)[O-])c1ccccc1. The Labute approximate surface area is 122 Å². The van der Waals surface area contributed by atoms with Gasteiger partial charge in [0.1, 0.15) is 0 Å². The summed E-state index contributed by atoms with van der Waals surface area (Å²) in [6.07, 6.45) is 0. The predicted molar refractivity (Wildman–Crippen MR) is 79.8 cm³/mol. The summed E-state index contributed by atoms with van der Waals surface area (Å²) < 4.78 is 0. The van der Waals surface area contributed by atoms with E-state index in [0.29, 0.717) is 17.1 Å². The van der Waals surface area contributed by atoms with Gasteiger partial charge in [-0.1, -0.05) is 41.9 Å². The van der Waals surface area contributed by atoms with Crippen molar-refractivity contribution in [3.05, 3.63) is 74.8 Å². The zero-order valence-corrected chi connectivity index (χ0v) is 11.8. The van der Waals surface area contributed by atoms with Gasteiger partial charge in [0, 0.05) is 29.2 Å². The van der Waals surface area contributed by atoms with Crippen molar-refractivity contribution >= 4 is 17.3 Å². The average Bonchev–Trinajstić information content (AvgIpc) is 2.45. The molecule has 1 unspecified atom stereocenters. The number of rotatable bonds is 5. The minimum absolute atomic E-state index is 0.0853. The molecule has 1 N–H and O–H groups in total. The van der Waals surface area contributed by atoms with Crippen molar-refractivity contribution in [3.8, 4) is 0 Å². The van der Waals surface area contributed by atoms with Gasteiger partial charge in [0.2, 0.25) is 0 Å². The highest BCUT2D eigenvalue weighted by atomic mass is 35.5. The van der Waals surface area contributed by atoms with Crippen molar-refractivity contribution in [3.63, 3.8) is 0 Å². The third-order valence-corrected chi connectivity index (χ3v) is 3.37. The molecule has 0 aliphatic heterocycles. The number of nitro groups is 1. The van der Waals surface area contributed by atoms with Crippen LogP contribution in [-0.2, 0) is 6.54 Å². The Kier molecular flexibility index (Phi) is 4.71. The van der Waals surface area contributed by atoms with E-state index in [4.69, 9.17) is 11.6 Å². The standard InChI is InChI=1S/C15H15ClN2O2/c1-11(12-5-3-2-4-6-12)17-10-13-9-14(16)7-8-15(13)18(19)20/h2-9,11,17H,10H2,1H3. The molecule has 0 amide bonds. The lowest BCUT2D eigenvalue weighted by atomic mass is 10.1. The highest BCUT2D eigenvalue weighted by Crippen LogP contribution is 2.23. The Morgan fingerprint density at radius 2 is 1.95 bits per heavy atom. The van der Waals surface area contributed by atoms with Gasteiger partial charge in [0.05, 0.1) is 4.92 Å². The van der Waals surface area contributed by atoms with Crippen molar-refractivity contribution in [1.82, 2.24) is 5.32 Å². The maximum Gasteiger partial charge on any atom is 0.273 e. The van der Waals surface area contributed by atoms with E-state index < -0.39 is 0 Å². The molecular formula is C15H15ClN2O2. The number of nitro benzene ring substituents is 1. The maximum absolute atomic E-state index is 11.0. The average molecular weight is 291 g/mol. The van der Waals surface area contributed by atoms with E-state index in [0.717, 1.165) is 5.56 Å². The zero-order valence-electron chi connectivity index (χ0n) is 11.0. The summed E-state index contributed by atoms with van der Waals surface area (Å²) in [5.41, 5.74) is 1.81. The van der Waals surface area contributed by atoms with Crippen molar-refractivity contribution < 1.29 is 4.92 Å². The number of hydrogen-bond donors (Lipinski definition) is 1. The quantitative estimate of drug-likeness (QED) is 0.666. The lowest BCUT2D eigenvalue weighted by molar-refractivity contribution is -0.385. The van der Waals surface area contributed by atoms with Crippen LogP contribution in [0.15, 0.2) is 48.5 Å². The predicted octanol–water partition coefficient (Wildman–Crippen LogP) is 4.10. The molecular weight excluding hydrogens is 276 g/mol. The van der Waals surface area contributed by atoms with Crippen molar-refractivity contribution in [2.45, 2.75) is 19.5 Å². The number of halogens is 1. The van der Waals surface area contributed by atoms with Crippen LogP contribution in [0.1, 0.15) is 24.1 Å². The Balaban J connectivity index is 2.11. The zero-order chi connectivity index (χ0) is 14.5. The third-order valence-electron chi connectivity index (χ3n) is 3.14. The summed E-state index contributed by atoms with van der Waals surface area (Å²) in [6, 6.07) is 14.6. The largest absolute Gasteiger partial charge is 0.306 e. The van der Waals surface area contributed by atoms with Crippen LogP contribution in [0, 0.1) is 10.1 Å². The van der Waals surface area contributed by atoms with Gasteiger partial charge in [-0.2, -0.15) is 0 Å². The van der Waals surface area contributed by atoms with E-state index in [2.05, 4.69) is 5.32 Å². The molecule has 0 heterocycles. The number of benzene rings is 2. The molecule has 0 spiro atoms. The second-order valence-corrected chi connectivity index (χ2v) is 4.98. The first kappa shape index (κ1) is 14.5. The Hall–Kier alpha value is -1.91. The van der Waals surface area contributed by atoms with E-state index in [1.807, 2.05) is 37.3 Å². The van der Waals surface area contributed by atoms with Crippen molar-refractivity contribution in [2.24, 2.45) is 0 Å². The second-order valence-electron chi connectivity index (χ2n) is 4.54. The van der Waals surface area contributed by atoms with Crippen molar-refractivity contribution in [2.75, 3.05) is 0 Å². The highest BCUT2D eigenvalue weighted by molar-refractivity contribution is 6.30. The Morgan fingerprint density at radius 1 is 1.25 bits per heavy atom. The molecule has 2 aromatic carbocycles. The van der Waals surface area contributed by atoms with Crippen molar-refractivity contribution in [1.29, 1.82) is 0 Å². The molecule has 0 saturated carbocycles. The molecule has 2 aromatic rings. The van der Waals surface area contributed by atoms with Crippen LogP contribution >= 0.6 is 11.6 Å². The van der Waals surface area contributed by atoms with E-state index in [1.54, 1.807) is 6.07 Å². The molecule has 0 aliphatic carbocycles. The summed E-state index contributed by atoms with van der Waals surface area (Å²) >= 11 is 5.90. The van der Waals surface area contributed by atoms with Gasteiger partial charge in [0.15, 0.2) is 0 Å². The number of nitrogens with zero attached hydrogens (tertiary/aromatic N) is 1. The van der Waals surface area contributed by atoms with Gasteiger partial charge in [0.25, 0.3) is 5.69 Å². The van der Waals surface area contributed by atoms with Crippen LogP contribution in [0.3, 0.4) is 0 Å². The van der Waals surface area contributed by atoms with Gasteiger partial charge >= 0.3 is 0 Å². The summed E-state index contributed by atoms with van der Waals surface area (Å²) in [4.78, 5) is 10.6. The van der Waals surface area contributed by atoms with E-state index >= 15 is 0 Å². The van der Waals surface area contributed by atoms with Crippen LogP contribution in [0.5, 0.6) is 0 Å². The molecule has 0 fully saturated rings. The molecule has 0 aromatic heterocycles. The molecule has 0 radical (unpaired) electrons. The van der Waals surface area contributed by atoms with Crippen LogP contribution in [-0.4, -0.2) is 4.92 Å². The summed E-state index contributed by atoms with van der Waals surface area (Å²) in [6.45, 7) is 2.42. The van der Waals surface area contributed by atoms with Crippen LogP contribution in [0.2, 0.25) is 5.02 Å². The van der Waals surface area contributed by atoms with E-state index in [9.17, 15) is 10.1 Å². The molecule has 0 saturated heterocycles. The highest BCUT2D eigenvalue weighted by Gasteiger charge is 2.14. The first-order valence-corrected chi connectivity index (χ1v) is 6.67. The van der Waals surface area contributed by atoms with Gasteiger partial charge in [-0.25, -0.2) is 0 Å². The lowest BCUT2D eigenvalue weighted by Crippen LogP contribution is -2.18. The second kappa shape index (κ2) is 6.50. The molecule has 0 bridgehead atoms. The lowest BCUT2D eigenvalue weighted by Gasteiger charge is -2.14. The molecule has 5 heteroatoms. The fourth-order valence-electron chi connectivity index (χ4n) is 2.00. The van der Waals surface area contributed by atoms with Gasteiger partial charge in [-0.3, -0.25) is 10.1 Å². The van der Waals surface area contributed by atoms with E-state index in [1.165, 1.54) is 12.1 Å². The summed E-state index contributed by atoms with van der Waals surface area (Å²) in [7, 11) is 0. The monoisotopic (exact) mass is 290 g/mol. The van der Waals surface area contributed by atoms with Crippen LogP contribution < -0.4 is 5.32 Å². The first-order valence-electron chi connectivity index (χ1n) is 6.29. The molecule has 1 atom stereocenters. The van der Waals surface area contributed by atoms with Crippen LogP contribution in [0.25, 0.3) is 0 Å². The number of nitrogens with one attached hydrogen (secondary N) is 1. The number of hydrogen-bond acceptors (Lipinski definition) is 3.